The second kappa shape index (κ2) is 8.03. The highest BCUT2D eigenvalue weighted by Crippen LogP contribution is 2.34. The van der Waals surface area contributed by atoms with Gasteiger partial charge in [0.2, 0.25) is 5.13 Å². The fourth-order valence-electron chi connectivity index (χ4n) is 2.45. The van der Waals surface area contributed by atoms with E-state index in [2.05, 4.69) is 20.5 Å². The van der Waals surface area contributed by atoms with E-state index in [0.29, 0.717) is 21.6 Å². The minimum atomic E-state index is 0.0306. The molecule has 132 valence electrons. The number of nitrogens with zero attached hydrogens (tertiary/aromatic N) is 3. The molecule has 0 bridgehead atoms. The highest BCUT2D eigenvalue weighted by atomic mass is 35.5. The van der Waals surface area contributed by atoms with E-state index >= 15 is 0 Å². The molecular formula is C17H20ClN5OS. The van der Waals surface area contributed by atoms with Crippen LogP contribution in [-0.4, -0.2) is 41.3 Å². The Morgan fingerprint density at radius 1 is 1.44 bits per heavy atom. The van der Waals surface area contributed by atoms with Crippen LogP contribution in [0.1, 0.15) is 20.3 Å². The van der Waals surface area contributed by atoms with Gasteiger partial charge in [-0.1, -0.05) is 22.9 Å². The number of piperidine rings is 1. The maximum atomic E-state index is 7.95. The fraction of sp³-hybridized carbons (Fsp3) is 0.412. The summed E-state index contributed by atoms with van der Waals surface area (Å²) < 4.78 is 5.64. The van der Waals surface area contributed by atoms with E-state index in [0.717, 1.165) is 30.1 Å². The van der Waals surface area contributed by atoms with Gasteiger partial charge in [0.05, 0.1) is 11.1 Å². The first-order valence-electron chi connectivity index (χ1n) is 8.15. The lowest BCUT2D eigenvalue weighted by Crippen LogP contribution is -2.37. The quantitative estimate of drug-likeness (QED) is 0.772. The monoisotopic (exact) mass is 377 g/mol. The summed E-state index contributed by atoms with van der Waals surface area (Å²) in [5, 5.41) is 21.4. The smallest absolute Gasteiger partial charge is 0.231 e. The maximum absolute atomic E-state index is 7.95. The molecule has 0 amide bonds. The molecular weight excluding hydrogens is 358 g/mol. The molecule has 2 heterocycles. The number of hydrogen-bond donors (Lipinski definition) is 2. The zero-order valence-corrected chi connectivity index (χ0v) is 15.7. The number of rotatable bonds is 5. The van der Waals surface area contributed by atoms with E-state index < -0.39 is 0 Å². The summed E-state index contributed by atoms with van der Waals surface area (Å²) in [5.74, 6) is 0.689. The first-order chi connectivity index (χ1) is 12.0. The van der Waals surface area contributed by atoms with Crippen LogP contribution in [0.2, 0.25) is 5.02 Å². The lowest BCUT2D eigenvalue weighted by Gasteiger charge is -2.19. The number of benzene rings is 1. The molecule has 8 heteroatoms. The van der Waals surface area contributed by atoms with Crippen molar-refractivity contribution in [3.8, 4) is 16.3 Å². The van der Waals surface area contributed by atoms with Gasteiger partial charge in [0.1, 0.15) is 10.8 Å². The topological polar surface area (TPSA) is 83.2 Å². The Bertz CT molecular complexity index is 789. The van der Waals surface area contributed by atoms with Gasteiger partial charge in [-0.3, -0.25) is 0 Å². The van der Waals surface area contributed by atoms with Crippen LogP contribution in [0.4, 0.5) is 5.13 Å². The molecule has 0 spiro atoms. The highest BCUT2D eigenvalue weighted by Gasteiger charge is 2.17. The molecule has 1 aliphatic rings. The van der Waals surface area contributed by atoms with Crippen LogP contribution in [0.15, 0.2) is 23.2 Å². The van der Waals surface area contributed by atoms with Gasteiger partial charge in [-0.25, -0.2) is 4.99 Å². The summed E-state index contributed by atoms with van der Waals surface area (Å²) in [6.45, 7) is 5.53. The third-order valence-electron chi connectivity index (χ3n) is 3.70. The summed E-state index contributed by atoms with van der Waals surface area (Å²) in [5.41, 5.74) is 1.59. The van der Waals surface area contributed by atoms with Crippen molar-refractivity contribution in [3.05, 3.63) is 23.2 Å². The first kappa shape index (κ1) is 18.0. The summed E-state index contributed by atoms with van der Waals surface area (Å²) in [6, 6.07) is 5.59. The van der Waals surface area contributed by atoms with Crippen LogP contribution < -0.4 is 10.1 Å². The summed E-state index contributed by atoms with van der Waals surface area (Å²) in [7, 11) is 0. The number of halogens is 1. The lowest BCUT2D eigenvalue weighted by atomic mass is 9.99. The van der Waals surface area contributed by atoms with Gasteiger partial charge in [0, 0.05) is 36.5 Å². The molecule has 1 aliphatic heterocycles. The molecule has 1 fully saturated rings. The largest absolute Gasteiger partial charge is 0.489 e. The average Bonchev–Trinajstić information content (AvgIpc) is 3.04. The molecule has 0 radical (unpaired) electrons. The second-order valence-electron chi connectivity index (χ2n) is 6.07. The molecule has 0 saturated carbocycles. The normalized spacial score (nSPS) is 18.2. The predicted molar refractivity (Wildman–Crippen MR) is 103 cm³/mol. The predicted octanol–water partition coefficient (Wildman–Crippen LogP) is 3.98. The zero-order valence-electron chi connectivity index (χ0n) is 14.1. The molecule has 6 nitrogen and oxygen atoms in total. The summed E-state index contributed by atoms with van der Waals surface area (Å²) in [6.07, 6.45) is 2.62. The number of aromatic nitrogens is 2. The van der Waals surface area contributed by atoms with Crippen LogP contribution in [0.3, 0.4) is 0 Å². The molecule has 1 unspecified atom stereocenters. The third-order valence-corrected chi connectivity index (χ3v) is 4.88. The van der Waals surface area contributed by atoms with Crippen molar-refractivity contribution < 1.29 is 4.74 Å². The Hall–Kier alpha value is -1.83. The molecule has 1 aromatic carbocycles. The molecule has 2 aromatic rings. The Kier molecular flexibility index (Phi) is 5.78. The van der Waals surface area contributed by atoms with Crippen molar-refractivity contribution in [2.24, 2.45) is 10.9 Å². The van der Waals surface area contributed by atoms with Crippen molar-refractivity contribution in [2.75, 3.05) is 13.1 Å². The zero-order chi connectivity index (χ0) is 17.8. The minimum absolute atomic E-state index is 0.0306. The maximum Gasteiger partial charge on any atom is 0.231 e. The molecule has 1 saturated heterocycles. The van der Waals surface area contributed by atoms with E-state index in [1.54, 1.807) is 6.21 Å². The Morgan fingerprint density at radius 2 is 2.28 bits per heavy atom. The Labute approximate surface area is 155 Å². The molecule has 2 N–H and O–H groups in total. The van der Waals surface area contributed by atoms with Crippen molar-refractivity contribution in [2.45, 2.75) is 26.4 Å². The fourth-order valence-corrected chi connectivity index (χ4v) is 3.37. The van der Waals surface area contributed by atoms with Crippen LogP contribution in [0, 0.1) is 11.3 Å². The van der Waals surface area contributed by atoms with Crippen molar-refractivity contribution in [1.82, 2.24) is 15.5 Å². The lowest BCUT2D eigenvalue weighted by molar-refractivity contribution is 0.242. The van der Waals surface area contributed by atoms with E-state index in [-0.39, 0.29) is 12.0 Å². The van der Waals surface area contributed by atoms with Crippen LogP contribution in [0.5, 0.6) is 5.75 Å². The van der Waals surface area contributed by atoms with Gasteiger partial charge >= 0.3 is 0 Å². The third kappa shape index (κ3) is 4.62. The van der Waals surface area contributed by atoms with E-state index in [1.807, 2.05) is 32.0 Å². The Morgan fingerprint density at radius 3 is 3.00 bits per heavy atom. The minimum Gasteiger partial charge on any atom is -0.489 e. The number of nitrogens with one attached hydrogen (secondary N) is 2. The molecule has 1 aromatic heterocycles. The van der Waals surface area contributed by atoms with Gasteiger partial charge in [-0.2, -0.15) is 0 Å². The van der Waals surface area contributed by atoms with Gasteiger partial charge < -0.3 is 15.5 Å². The molecule has 25 heavy (non-hydrogen) atoms. The average molecular weight is 378 g/mol. The SMILES string of the molecule is CC(C)Oc1ccc(-c2nnc(N=CC3CNCCC3=N)s2)cc1Cl. The number of aliphatic imine (C=N–C) groups is 1. The van der Waals surface area contributed by atoms with Gasteiger partial charge in [-0.15, -0.1) is 10.2 Å². The van der Waals surface area contributed by atoms with Gasteiger partial charge in [0.15, 0.2) is 0 Å². The standard InChI is InChI=1S/C17H20ClN5OS/c1-10(2)24-15-4-3-11(7-13(15)18)16-22-23-17(25-16)21-9-12-8-20-6-5-14(12)19/h3-4,7,9-10,12,19-20H,5-6,8H2,1-2H3. The van der Waals surface area contributed by atoms with Crippen LogP contribution in [-0.2, 0) is 0 Å². The van der Waals surface area contributed by atoms with E-state index in [1.165, 1.54) is 11.3 Å². The summed E-state index contributed by atoms with van der Waals surface area (Å²) >= 11 is 7.67. The number of ether oxygens (including phenoxy) is 1. The van der Waals surface area contributed by atoms with E-state index in [4.69, 9.17) is 21.7 Å². The van der Waals surface area contributed by atoms with Crippen LogP contribution in [0.25, 0.3) is 10.6 Å². The highest BCUT2D eigenvalue weighted by molar-refractivity contribution is 7.18. The van der Waals surface area contributed by atoms with Gasteiger partial charge in [0.25, 0.3) is 0 Å². The second-order valence-corrected chi connectivity index (χ2v) is 7.43. The molecule has 1 atom stereocenters. The van der Waals surface area contributed by atoms with Crippen molar-refractivity contribution in [3.63, 3.8) is 0 Å². The van der Waals surface area contributed by atoms with E-state index in [9.17, 15) is 0 Å². The number of hydrogen-bond acceptors (Lipinski definition) is 7. The van der Waals surface area contributed by atoms with Crippen molar-refractivity contribution in [1.29, 1.82) is 5.41 Å². The van der Waals surface area contributed by atoms with Crippen molar-refractivity contribution >= 4 is 40.0 Å². The molecule has 3 rings (SSSR count). The first-order valence-corrected chi connectivity index (χ1v) is 9.34. The summed E-state index contributed by atoms with van der Waals surface area (Å²) in [4.78, 5) is 4.39. The van der Waals surface area contributed by atoms with Crippen LogP contribution >= 0.6 is 22.9 Å². The van der Waals surface area contributed by atoms with Gasteiger partial charge in [-0.05, 0) is 38.5 Å². The Balaban J connectivity index is 1.72. The molecule has 0 aliphatic carbocycles.